The largest absolute Gasteiger partial charge is 0.480 e. The van der Waals surface area contributed by atoms with Crippen LogP contribution < -0.4 is 5.32 Å². The minimum Gasteiger partial charge on any atom is -0.480 e. The van der Waals surface area contributed by atoms with E-state index in [9.17, 15) is 18.0 Å². The average molecular weight is 413 g/mol. The molecule has 10 heteroatoms. The van der Waals surface area contributed by atoms with Gasteiger partial charge in [0.1, 0.15) is 12.4 Å². The second kappa shape index (κ2) is 7.47. The van der Waals surface area contributed by atoms with Crippen molar-refractivity contribution in [3.8, 4) is 22.5 Å². The Kier molecular flexibility index (Phi) is 4.82. The molecule has 4 aromatic rings. The van der Waals surface area contributed by atoms with Crippen LogP contribution in [0.1, 0.15) is 5.56 Å². The second-order valence-electron chi connectivity index (χ2n) is 6.44. The van der Waals surface area contributed by atoms with Crippen LogP contribution >= 0.6 is 0 Å². The topological polar surface area (TPSA) is 104 Å². The summed E-state index contributed by atoms with van der Waals surface area (Å²) >= 11 is 0. The molecule has 0 saturated heterocycles. The number of benzene rings is 2. The van der Waals surface area contributed by atoms with Gasteiger partial charge in [-0.25, -0.2) is 15.0 Å². The number of carboxylic acids is 1. The molecular formula is C20H14F3N5O2. The molecule has 0 spiro atoms. The normalized spacial score (nSPS) is 11.6. The number of hydrogen-bond donors (Lipinski definition) is 3. The van der Waals surface area contributed by atoms with E-state index >= 15 is 0 Å². The van der Waals surface area contributed by atoms with E-state index in [1.54, 1.807) is 24.5 Å². The van der Waals surface area contributed by atoms with Gasteiger partial charge in [-0.2, -0.15) is 13.2 Å². The Morgan fingerprint density at radius 3 is 2.30 bits per heavy atom. The van der Waals surface area contributed by atoms with Gasteiger partial charge in [-0.05, 0) is 23.8 Å². The lowest BCUT2D eigenvalue weighted by atomic mass is 10.1. The number of nitrogens with zero attached hydrogens (tertiary/aromatic N) is 3. The van der Waals surface area contributed by atoms with E-state index in [1.807, 2.05) is 12.1 Å². The van der Waals surface area contributed by atoms with Crippen LogP contribution in [-0.4, -0.2) is 37.6 Å². The fourth-order valence-corrected chi connectivity index (χ4v) is 2.86. The van der Waals surface area contributed by atoms with Crippen molar-refractivity contribution in [2.75, 3.05) is 11.9 Å². The lowest BCUT2D eigenvalue weighted by Gasteiger charge is -2.05. The van der Waals surface area contributed by atoms with Crippen LogP contribution in [0, 0.1) is 0 Å². The molecule has 0 aliphatic rings. The molecule has 0 fully saturated rings. The molecule has 3 N–H and O–H groups in total. The van der Waals surface area contributed by atoms with Crippen molar-refractivity contribution in [1.82, 2.24) is 19.9 Å². The Morgan fingerprint density at radius 1 is 1.00 bits per heavy atom. The quantitative estimate of drug-likeness (QED) is 0.453. The summed E-state index contributed by atoms with van der Waals surface area (Å²) in [5.74, 6) is -0.350. The van der Waals surface area contributed by atoms with Crippen LogP contribution in [0.3, 0.4) is 0 Å². The van der Waals surface area contributed by atoms with E-state index in [0.29, 0.717) is 16.9 Å². The molecule has 0 radical (unpaired) electrons. The molecule has 30 heavy (non-hydrogen) atoms. The molecule has 4 rings (SSSR count). The van der Waals surface area contributed by atoms with Crippen molar-refractivity contribution in [2.45, 2.75) is 6.18 Å². The van der Waals surface area contributed by atoms with E-state index in [2.05, 4.69) is 25.3 Å². The number of alkyl halides is 3. The Morgan fingerprint density at radius 2 is 1.67 bits per heavy atom. The van der Waals surface area contributed by atoms with E-state index in [1.165, 1.54) is 6.07 Å². The number of aromatic amines is 1. The number of nitrogens with one attached hydrogen (secondary N) is 2. The van der Waals surface area contributed by atoms with Crippen molar-refractivity contribution in [3.05, 3.63) is 60.4 Å². The second-order valence-corrected chi connectivity index (χ2v) is 6.44. The van der Waals surface area contributed by atoms with Gasteiger partial charge >= 0.3 is 12.1 Å². The highest BCUT2D eigenvalue weighted by atomic mass is 19.4. The van der Waals surface area contributed by atoms with E-state index < -0.39 is 17.7 Å². The molecule has 0 atom stereocenters. The third-order valence-electron chi connectivity index (χ3n) is 4.35. The van der Waals surface area contributed by atoms with Gasteiger partial charge in [0.15, 0.2) is 0 Å². The monoisotopic (exact) mass is 413 g/mol. The minimum absolute atomic E-state index is 0.207. The highest BCUT2D eigenvalue weighted by molar-refractivity contribution is 5.80. The van der Waals surface area contributed by atoms with Crippen molar-refractivity contribution in [2.24, 2.45) is 0 Å². The third-order valence-corrected chi connectivity index (χ3v) is 4.35. The molecule has 0 bridgehead atoms. The molecule has 0 saturated carbocycles. The first-order valence-electron chi connectivity index (χ1n) is 8.75. The molecule has 2 heterocycles. The average Bonchev–Trinajstić information content (AvgIpc) is 3.15. The lowest BCUT2D eigenvalue weighted by molar-refractivity contribution is -0.137. The lowest BCUT2D eigenvalue weighted by Crippen LogP contribution is -2.14. The summed E-state index contributed by atoms with van der Waals surface area (Å²) in [6.07, 6.45) is -1.30. The van der Waals surface area contributed by atoms with Crippen molar-refractivity contribution >= 4 is 23.0 Å². The van der Waals surface area contributed by atoms with Gasteiger partial charge in [0.25, 0.3) is 0 Å². The summed E-state index contributed by atoms with van der Waals surface area (Å²) < 4.78 is 38.6. The summed E-state index contributed by atoms with van der Waals surface area (Å²) in [6, 6.07) is 10.6. The Bertz CT molecular complexity index is 1200. The third kappa shape index (κ3) is 4.07. The van der Waals surface area contributed by atoms with E-state index in [0.717, 1.165) is 23.3 Å². The first-order valence-corrected chi connectivity index (χ1v) is 8.75. The number of rotatable bonds is 5. The first-order chi connectivity index (χ1) is 14.3. The Balaban J connectivity index is 1.55. The van der Waals surface area contributed by atoms with Gasteiger partial charge in [0, 0.05) is 23.5 Å². The van der Waals surface area contributed by atoms with Crippen LogP contribution in [0.4, 0.5) is 19.1 Å². The standard InChI is InChI=1S/C20H14F3N5O2/c21-20(22,23)14-5-6-15-16(7-14)28-18(27-15)12-3-1-11(2-4-12)13-8-24-19(25-9-13)26-10-17(29)30/h1-9H,10H2,(H,27,28)(H,29,30)(H,24,25,26). The zero-order chi connectivity index (χ0) is 21.3. The van der Waals surface area contributed by atoms with Crippen LogP contribution in [0.15, 0.2) is 54.9 Å². The fraction of sp³-hybridized carbons (Fsp3) is 0.100. The number of carboxylic acid groups (broad SMARTS) is 1. The summed E-state index contributed by atoms with van der Waals surface area (Å²) in [4.78, 5) is 26.0. The number of anilines is 1. The van der Waals surface area contributed by atoms with Crippen molar-refractivity contribution in [1.29, 1.82) is 0 Å². The first kappa shape index (κ1) is 19.4. The van der Waals surface area contributed by atoms with Crippen molar-refractivity contribution < 1.29 is 23.1 Å². The predicted octanol–water partition coefficient (Wildman–Crippen LogP) is 4.20. The maximum absolute atomic E-state index is 12.9. The van der Waals surface area contributed by atoms with Crippen LogP contribution in [0.2, 0.25) is 0 Å². The van der Waals surface area contributed by atoms with Gasteiger partial charge < -0.3 is 15.4 Å². The smallest absolute Gasteiger partial charge is 0.416 e. The number of halogens is 3. The number of aromatic nitrogens is 4. The number of fused-ring (bicyclic) bond motifs is 1. The highest BCUT2D eigenvalue weighted by Gasteiger charge is 2.30. The SMILES string of the molecule is O=C(O)CNc1ncc(-c2ccc(-c3nc4cc(C(F)(F)F)ccc4[nH]3)cc2)cn1. The Hall–Kier alpha value is -3.95. The molecule has 0 aliphatic heterocycles. The molecule has 0 unspecified atom stereocenters. The summed E-state index contributed by atoms with van der Waals surface area (Å²) in [7, 11) is 0. The number of aliphatic carboxylic acids is 1. The molecule has 2 aromatic carbocycles. The number of H-pyrrole nitrogens is 1. The van der Waals surface area contributed by atoms with Crippen LogP contribution in [0.5, 0.6) is 0 Å². The van der Waals surface area contributed by atoms with Crippen molar-refractivity contribution in [3.63, 3.8) is 0 Å². The van der Waals surface area contributed by atoms with Gasteiger partial charge in [-0.15, -0.1) is 0 Å². The van der Waals surface area contributed by atoms with Crippen LogP contribution in [-0.2, 0) is 11.0 Å². The van der Waals surface area contributed by atoms with Crippen LogP contribution in [0.25, 0.3) is 33.5 Å². The number of hydrogen-bond acceptors (Lipinski definition) is 5. The highest BCUT2D eigenvalue weighted by Crippen LogP contribution is 2.32. The number of imidazole rings is 1. The summed E-state index contributed by atoms with van der Waals surface area (Å²) in [6.45, 7) is -0.282. The van der Waals surface area contributed by atoms with Gasteiger partial charge in [-0.1, -0.05) is 24.3 Å². The zero-order valence-corrected chi connectivity index (χ0v) is 15.2. The molecule has 0 amide bonds. The summed E-state index contributed by atoms with van der Waals surface area (Å²) in [5.41, 5.74) is 2.26. The Labute approximate surface area is 167 Å². The molecule has 2 aromatic heterocycles. The fourth-order valence-electron chi connectivity index (χ4n) is 2.86. The van der Waals surface area contributed by atoms with Gasteiger partial charge in [0.2, 0.25) is 5.95 Å². The maximum atomic E-state index is 12.9. The summed E-state index contributed by atoms with van der Waals surface area (Å²) in [5, 5.41) is 11.2. The molecular weight excluding hydrogens is 399 g/mol. The van der Waals surface area contributed by atoms with E-state index in [4.69, 9.17) is 5.11 Å². The van der Waals surface area contributed by atoms with E-state index in [-0.39, 0.29) is 18.0 Å². The van der Waals surface area contributed by atoms with Gasteiger partial charge in [-0.3, -0.25) is 4.79 Å². The molecule has 7 nitrogen and oxygen atoms in total. The molecule has 152 valence electrons. The predicted molar refractivity (Wildman–Crippen MR) is 104 cm³/mol. The number of carbonyl (C=O) groups is 1. The maximum Gasteiger partial charge on any atom is 0.416 e. The van der Waals surface area contributed by atoms with Gasteiger partial charge in [0.05, 0.1) is 16.6 Å². The minimum atomic E-state index is -4.42. The molecule has 0 aliphatic carbocycles. The zero-order valence-electron chi connectivity index (χ0n) is 15.2.